The first-order valence-electron chi connectivity index (χ1n) is 6.40. The highest BCUT2D eigenvalue weighted by molar-refractivity contribution is 5.80. The van der Waals surface area contributed by atoms with Gasteiger partial charge in [-0.15, -0.1) is 0 Å². The van der Waals surface area contributed by atoms with E-state index in [9.17, 15) is 4.79 Å². The summed E-state index contributed by atoms with van der Waals surface area (Å²) < 4.78 is 1.42. The number of hydrogen-bond donors (Lipinski definition) is 2. The molecule has 2 aromatic heterocycles. The topological polar surface area (TPSA) is 114 Å². The zero-order chi connectivity index (χ0) is 15.2. The first kappa shape index (κ1) is 14.6. The Morgan fingerprint density at radius 2 is 2.19 bits per heavy atom. The molecule has 0 aliphatic rings. The van der Waals surface area contributed by atoms with Crippen LogP contribution in [-0.2, 0) is 4.79 Å². The summed E-state index contributed by atoms with van der Waals surface area (Å²) in [5, 5.41) is 9.55. The molecule has 0 aliphatic heterocycles. The van der Waals surface area contributed by atoms with Gasteiger partial charge < -0.3 is 15.5 Å². The lowest BCUT2D eigenvalue weighted by atomic mass is 10.5. The van der Waals surface area contributed by atoms with Gasteiger partial charge in [-0.3, -0.25) is 4.79 Å². The van der Waals surface area contributed by atoms with Crippen molar-refractivity contribution in [2.24, 2.45) is 0 Å². The number of likely N-dealkylation sites (N-methyl/N-ethyl adjacent to an activating group) is 2. The minimum atomic E-state index is -0.103. The largest absolute Gasteiger partial charge is 0.357 e. The van der Waals surface area contributed by atoms with Crippen LogP contribution in [0.2, 0.25) is 0 Å². The molecular weight excluding hydrogens is 274 g/mol. The number of amides is 1. The third-order valence-corrected chi connectivity index (χ3v) is 2.56. The van der Waals surface area contributed by atoms with Crippen LogP contribution in [0.5, 0.6) is 0 Å². The lowest BCUT2D eigenvalue weighted by Crippen LogP contribution is -2.36. The summed E-state index contributed by atoms with van der Waals surface area (Å²) in [4.78, 5) is 29.8. The minimum absolute atomic E-state index is 0.103. The maximum absolute atomic E-state index is 11.6. The van der Waals surface area contributed by atoms with Gasteiger partial charge in [0.2, 0.25) is 17.8 Å². The van der Waals surface area contributed by atoms with Gasteiger partial charge in [-0.25, -0.2) is 4.98 Å². The molecule has 0 aromatic carbocycles. The van der Waals surface area contributed by atoms with Gasteiger partial charge in [0.1, 0.15) is 12.7 Å². The fourth-order valence-electron chi connectivity index (χ4n) is 1.59. The Bertz CT molecular complexity index is 598. The average molecular weight is 291 g/mol. The fourth-order valence-corrected chi connectivity index (χ4v) is 1.59. The minimum Gasteiger partial charge on any atom is -0.357 e. The summed E-state index contributed by atoms with van der Waals surface area (Å²) in [6.45, 7) is 2.59. The molecule has 0 atom stereocenters. The molecule has 2 rings (SSSR count). The number of anilines is 2. The van der Waals surface area contributed by atoms with Crippen LogP contribution in [0.25, 0.3) is 5.95 Å². The third-order valence-electron chi connectivity index (χ3n) is 2.56. The lowest BCUT2D eigenvalue weighted by molar-refractivity contribution is -0.119. The van der Waals surface area contributed by atoms with Crippen molar-refractivity contribution in [1.82, 2.24) is 35.0 Å². The fraction of sp³-hybridized carbons (Fsp3) is 0.455. The summed E-state index contributed by atoms with van der Waals surface area (Å²) in [7, 11) is 3.43. The van der Waals surface area contributed by atoms with Crippen molar-refractivity contribution in [3.63, 3.8) is 0 Å². The predicted molar refractivity (Wildman–Crippen MR) is 76.2 cm³/mol. The van der Waals surface area contributed by atoms with E-state index in [1.807, 2.05) is 6.92 Å². The number of aromatic nitrogens is 6. The third kappa shape index (κ3) is 3.61. The van der Waals surface area contributed by atoms with Crippen molar-refractivity contribution in [2.75, 3.05) is 37.4 Å². The average Bonchev–Trinajstić information content (AvgIpc) is 3.01. The highest BCUT2D eigenvalue weighted by Gasteiger charge is 2.13. The Hall–Kier alpha value is -2.78. The summed E-state index contributed by atoms with van der Waals surface area (Å²) in [6, 6.07) is 0. The Kier molecular flexibility index (Phi) is 4.59. The molecular formula is C11H17N9O. The second kappa shape index (κ2) is 6.59. The van der Waals surface area contributed by atoms with Gasteiger partial charge in [0.15, 0.2) is 0 Å². The van der Waals surface area contributed by atoms with Crippen LogP contribution in [0.1, 0.15) is 6.92 Å². The number of carbonyl (C=O) groups is 1. The van der Waals surface area contributed by atoms with E-state index in [0.717, 1.165) is 0 Å². The normalized spacial score (nSPS) is 10.2. The Balaban J connectivity index is 2.26. The van der Waals surface area contributed by atoms with Crippen LogP contribution in [0.15, 0.2) is 12.7 Å². The number of nitrogens with zero attached hydrogens (tertiary/aromatic N) is 7. The molecule has 0 saturated heterocycles. The number of rotatable bonds is 6. The van der Waals surface area contributed by atoms with E-state index in [0.29, 0.717) is 24.4 Å². The molecule has 0 saturated carbocycles. The molecule has 2 aromatic rings. The first-order valence-corrected chi connectivity index (χ1v) is 6.40. The summed E-state index contributed by atoms with van der Waals surface area (Å²) in [6.07, 6.45) is 2.88. The molecule has 0 spiro atoms. The van der Waals surface area contributed by atoms with Crippen molar-refractivity contribution in [1.29, 1.82) is 0 Å². The molecule has 10 heteroatoms. The number of carbonyl (C=O) groups excluding carboxylic acids is 1. The second-order valence-corrected chi connectivity index (χ2v) is 4.16. The second-order valence-electron chi connectivity index (χ2n) is 4.16. The van der Waals surface area contributed by atoms with Gasteiger partial charge in [0, 0.05) is 20.6 Å². The maximum Gasteiger partial charge on any atom is 0.258 e. The first-order chi connectivity index (χ1) is 10.1. The van der Waals surface area contributed by atoms with Crippen LogP contribution in [0.3, 0.4) is 0 Å². The molecule has 21 heavy (non-hydrogen) atoms. The zero-order valence-electron chi connectivity index (χ0n) is 12.1. The van der Waals surface area contributed by atoms with Gasteiger partial charge in [-0.05, 0) is 6.92 Å². The van der Waals surface area contributed by atoms with Gasteiger partial charge in [0.05, 0.1) is 6.54 Å². The molecule has 2 N–H and O–H groups in total. The highest BCUT2D eigenvalue weighted by Crippen LogP contribution is 2.10. The molecule has 1 amide bonds. The van der Waals surface area contributed by atoms with Crippen LogP contribution in [0.4, 0.5) is 11.9 Å². The molecule has 0 bridgehead atoms. The SMILES string of the molecule is CCNC(=O)CN(C)c1nc(NC)nc(-n2cncn2)n1. The molecule has 112 valence electrons. The number of nitrogens with one attached hydrogen (secondary N) is 2. The maximum atomic E-state index is 11.6. The summed E-state index contributed by atoms with van der Waals surface area (Å²) in [5.41, 5.74) is 0. The summed E-state index contributed by atoms with van der Waals surface area (Å²) in [5.74, 6) is 0.970. The monoisotopic (exact) mass is 291 g/mol. The zero-order valence-corrected chi connectivity index (χ0v) is 12.1. The van der Waals surface area contributed by atoms with Crippen LogP contribution < -0.4 is 15.5 Å². The van der Waals surface area contributed by atoms with E-state index in [-0.39, 0.29) is 12.5 Å². The molecule has 0 aliphatic carbocycles. The Morgan fingerprint density at radius 1 is 1.38 bits per heavy atom. The standard InChI is InChI=1S/C11H17N9O/c1-4-14-8(21)5-19(3)10-16-9(12-2)17-11(18-10)20-7-13-6-15-20/h6-7H,4-5H2,1-3H3,(H,14,21)(H,12,16,17,18). The Labute approximate surface area is 121 Å². The van der Waals surface area contributed by atoms with Crippen LogP contribution in [-0.4, -0.2) is 62.8 Å². The quantitative estimate of drug-likeness (QED) is 0.701. The molecule has 2 heterocycles. The van der Waals surface area contributed by atoms with E-state index in [1.54, 1.807) is 19.0 Å². The predicted octanol–water partition coefficient (Wildman–Crippen LogP) is -0.934. The van der Waals surface area contributed by atoms with E-state index in [2.05, 4.69) is 35.7 Å². The van der Waals surface area contributed by atoms with Crippen molar-refractivity contribution < 1.29 is 4.79 Å². The molecule has 0 unspecified atom stereocenters. The van der Waals surface area contributed by atoms with E-state index >= 15 is 0 Å². The van der Waals surface area contributed by atoms with Crippen molar-refractivity contribution in [2.45, 2.75) is 6.92 Å². The molecule has 0 radical (unpaired) electrons. The molecule has 10 nitrogen and oxygen atoms in total. The van der Waals surface area contributed by atoms with E-state index in [1.165, 1.54) is 17.3 Å². The van der Waals surface area contributed by atoms with Gasteiger partial charge in [0.25, 0.3) is 5.95 Å². The van der Waals surface area contributed by atoms with E-state index < -0.39 is 0 Å². The Morgan fingerprint density at radius 3 is 2.81 bits per heavy atom. The van der Waals surface area contributed by atoms with Crippen molar-refractivity contribution in [3.05, 3.63) is 12.7 Å². The van der Waals surface area contributed by atoms with Gasteiger partial charge in [-0.2, -0.15) is 24.7 Å². The lowest BCUT2D eigenvalue weighted by Gasteiger charge is -2.17. The van der Waals surface area contributed by atoms with Crippen LogP contribution in [0, 0.1) is 0 Å². The van der Waals surface area contributed by atoms with Gasteiger partial charge >= 0.3 is 0 Å². The van der Waals surface area contributed by atoms with Gasteiger partial charge in [-0.1, -0.05) is 0 Å². The number of hydrogen-bond acceptors (Lipinski definition) is 8. The summed E-state index contributed by atoms with van der Waals surface area (Å²) >= 11 is 0. The smallest absolute Gasteiger partial charge is 0.258 e. The highest BCUT2D eigenvalue weighted by atomic mass is 16.2. The molecule has 0 fully saturated rings. The van der Waals surface area contributed by atoms with E-state index in [4.69, 9.17) is 0 Å². The van der Waals surface area contributed by atoms with Crippen molar-refractivity contribution in [3.8, 4) is 5.95 Å². The van der Waals surface area contributed by atoms with Crippen LogP contribution >= 0.6 is 0 Å². The van der Waals surface area contributed by atoms with Crippen molar-refractivity contribution >= 4 is 17.8 Å².